The average Bonchev–Trinajstić information content (AvgIpc) is 2.42. The number of rotatable bonds is 5. The molecular weight excluding hydrogens is 315 g/mol. The Hall–Kier alpha value is -0.970. The van der Waals surface area contributed by atoms with Crippen molar-refractivity contribution in [2.75, 3.05) is 20.3 Å². The molecule has 0 radical (unpaired) electrons. The fraction of sp³-hybridized carbons (Fsp3) is 0.273. The zero-order valence-electron chi connectivity index (χ0n) is 10.4. The first-order valence-corrected chi connectivity index (χ1v) is 6.72. The van der Waals surface area contributed by atoms with E-state index in [2.05, 4.69) is 9.47 Å². The molecule has 0 aliphatic carbocycles. The van der Waals surface area contributed by atoms with E-state index in [1.807, 2.05) is 0 Å². The van der Waals surface area contributed by atoms with Crippen molar-refractivity contribution in [2.24, 2.45) is 0 Å². The van der Waals surface area contributed by atoms with Gasteiger partial charge in [0.25, 0.3) is 10.1 Å². The molecule has 10 heteroatoms. The van der Waals surface area contributed by atoms with Crippen molar-refractivity contribution in [2.45, 2.75) is 4.90 Å². The molecule has 0 saturated carbocycles. The fourth-order valence-corrected chi connectivity index (χ4v) is 1.88. The molecule has 0 aromatic heterocycles. The Kier molecular flexibility index (Phi) is 8.08. The van der Waals surface area contributed by atoms with Gasteiger partial charge in [0.15, 0.2) is 0 Å². The van der Waals surface area contributed by atoms with E-state index in [9.17, 15) is 18.0 Å². The van der Waals surface area contributed by atoms with Crippen LogP contribution in [-0.4, -0.2) is 79.9 Å². The Morgan fingerprint density at radius 2 is 1.67 bits per heavy atom. The molecule has 112 valence electrons. The van der Waals surface area contributed by atoms with Crippen molar-refractivity contribution in [3.8, 4) is 0 Å². The van der Waals surface area contributed by atoms with Crippen molar-refractivity contribution in [3.63, 3.8) is 0 Å². The Morgan fingerprint density at radius 1 is 1.14 bits per heavy atom. The number of benzene rings is 1. The topological polar surface area (TPSA) is 127 Å². The van der Waals surface area contributed by atoms with Gasteiger partial charge in [0.1, 0.15) is 6.61 Å². The van der Waals surface area contributed by atoms with Crippen molar-refractivity contribution < 1.29 is 37.1 Å². The minimum absolute atomic E-state index is 0. The van der Waals surface area contributed by atoms with E-state index < -0.39 is 33.6 Å². The first-order chi connectivity index (χ1) is 9.29. The molecule has 1 aromatic carbocycles. The van der Waals surface area contributed by atoms with Gasteiger partial charge in [-0.15, -0.1) is 0 Å². The zero-order chi connectivity index (χ0) is 15.3. The Bertz CT molecular complexity index is 625. The molecule has 0 saturated heterocycles. The Balaban J connectivity index is 0.00000400. The number of aliphatic hydroxyl groups is 1. The van der Waals surface area contributed by atoms with Gasteiger partial charge in [0.2, 0.25) is 0 Å². The fourth-order valence-electron chi connectivity index (χ4n) is 1.32. The van der Waals surface area contributed by atoms with E-state index in [0.29, 0.717) is 0 Å². The van der Waals surface area contributed by atoms with E-state index >= 15 is 0 Å². The number of aliphatic hydroxyl groups excluding tert-OH is 1. The number of carbonyl (C=O) groups is 2. The standard InChI is InChI=1S/C11H12O8S.Na.H/c1-18-10(13)7-4-8(11(14)19-3-2-12)6-9(5-7)20(15,16)17;;/h4-6,12H,2-3H2,1H3,(H,15,16,17);;. The minimum atomic E-state index is -4.61. The second-order valence-corrected chi connectivity index (χ2v) is 4.99. The third-order valence-corrected chi connectivity index (χ3v) is 3.02. The maximum atomic E-state index is 11.6. The predicted molar refractivity (Wildman–Crippen MR) is 72.1 cm³/mol. The molecule has 2 N–H and O–H groups in total. The summed E-state index contributed by atoms with van der Waals surface area (Å²) in [5.41, 5.74) is -0.507. The van der Waals surface area contributed by atoms with Gasteiger partial charge >= 0.3 is 41.5 Å². The summed E-state index contributed by atoms with van der Waals surface area (Å²) in [5, 5.41) is 8.54. The van der Waals surface area contributed by atoms with Gasteiger partial charge in [-0.1, -0.05) is 0 Å². The van der Waals surface area contributed by atoms with Gasteiger partial charge in [-0.25, -0.2) is 9.59 Å². The summed E-state index contributed by atoms with van der Waals surface area (Å²) in [5.74, 6) is -1.83. The summed E-state index contributed by atoms with van der Waals surface area (Å²) in [4.78, 5) is 22.3. The van der Waals surface area contributed by atoms with Crippen LogP contribution in [0.2, 0.25) is 0 Å². The second kappa shape index (κ2) is 8.47. The van der Waals surface area contributed by atoms with Crippen LogP contribution in [0.3, 0.4) is 0 Å². The molecule has 0 bridgehead atoms. The number of hydrogen-bond donors (Lipinski definition) is 2. The third-order valence-electron chi connectivity index (χ3n) is 2.19. The van der Waals surface area contributed by atoms with Crippen molar-refractivity contribution in [3.05, 3.63) is 29.3 Å². The van der Waals surface area contributed by atoms with Gasteiger partial charge in [-0.05, 0) is 18.2 Å². The molecule has 0 aliphatic rings. The molecule has 0 amide bonds. The number of ether oxygens (including phenoxy) is 2. The number of methoxy groups -OCH3 is 1. The number of carbonyl (C=O) groups excluding carboxylic acids is 2. The maximum absolute atomic E-state index is 11.6. The monoisotopic (exact) mass is 328 g/mol. The van der Waals surface area contributed by atoms with Crippen molar-refractivity contribution in [1.29, 1.82) is 0 Å². The molecule has 1 aromatic rings. The average molecular weight is 328 g/mol. The van der Waals surface area contributed by atoms with Gasteiger partial charge in [-0.2, -0.15) is 8.42 Å². The Labute approximate surface area is 143 Å². The molecule has 0 heterocycles. The van der Waals surface area contributed by atoms with E-state index in [1.54, 1.807) is 0 Å². The molecule has 0 aliphatic heterocycles. The van der Waals surface area contributed by atoms with E-state index in [-0.39, 0.29) is 47.3 Å². The third kappa shape index (κ3) is 5.73. The Morgan fingerprint density at radius 3 is 2.10 bits per heavy atom. The summed E-state index contributed by atoms with van der Waals surface area (Å²) in [7, 11) is -3.53. The van der Waals surface area contributed by atoms with Gasteiger partial charge in [0.05, 0.1) is 29.7 Å². The van der Waals surface area contributed by atoms with E-state index in [4.69, 9.17) is 9.66 Å². The van der Waals surface area contributed by atoms with Crippen LogP contribution in [0.25, 0.3) is 0 Å². The van der Waals surface area contributed by atoms with E-state index in [1.165, 1.54) is 0 Å². The molecule has 0 unspecified atom stereocenters. The van der Waals surface area contributed by atoms with Crippen LogP contribution in [0.15, 0.2) is 23.1 Å². The van der Waals surface area contributed by atoms with Gasteiger partial charge in [-0.3, -0.25) is 4.55 Å². The quantitative estimate of drug-likeness (QED) is 0.409. The van der Waals surface area contributed by atoms with Crippen LogP contribution in [0.4, 0.5) is 0 Å². The molecule has 0 fully saturated rings. The van der Waals surface area contributed by atoms with Gasteiger partial charge in [0, 0.05) is 0 Å². The van der Waals surface area contributed by atoms with Crippen LogP contribution in [0, 0.1) is 0 Å². The molecule has 8 nitrogen and oxygen atoms in total. The van der Waals surface area contributed by atoms with Crippen LogP contribution in [0.5, 0.6) is 0 Å². The summed E-state index contributed by atoms with van der Waals surface area (Å²) in [6, 6.07) is 2.77. The summed E-state index contributed by atoms with van der Waals surface area (Å²) in [6.07, 6.45) is 0. The first-order valence-electron chi connectivity index (χ1n) is 5.28. The molecular formula is C11H13NaO8S. The predicted octanol–water partition coefficient (Wildman–Crippen LogP) is -0.780. The van der Waals surface area contributed by atoms with Crippen LogP contribution in [-0.2, 0) is 19.6 Å². The van der Waals surface area contributed by atoms with Crippen molar-refractivity contribution in [1.82, 2.24) is 0 Å². The summed E-state index contributed by atoms with van der Waals surface area (Å²) >= 11 is 0. The van der Waals surface area contributed by atoms with E-state index in [0.717, 1.165) is 25.3 Å². The van der Waals surface area contributed by atoms with Crippen LogP contribution in [0.1, 0.15) is 20.7 Å². The summed E-state index contributed by atoms with van der Waals surface area (Å²) < 4.78 is 40.2. The number of hydrogen-bond acceptors (Lipinski definition) is 7. The van der Waals surface area contributed by atoms with Gasteiger partial charge < -0.3 is 14.6 Å². The number of esters is 2. The van der Waals surface area contributed by atoms with Crippen LogP contribution < -0.4 is 0 Å². The zero-order valence-corrected chi connectivity index (χ0v) is 11.2. The molecule has 1 rings (SSSR count). The second-order valence-electron chi connectivity index (χ2n) is 3.57. The molecule has 0 atom stereocenters. The molecule has 21 heavy (non-hydrogen) atoms. The van der Waals surface area contributed by atoms with Crippen molar-refractivity contribution >= 4 is 51.6 Å². The first kappa shape index (κ1) is 20.0. The summed E-state index contributed by atoms with van der Waals surface area (Å²) in [6.45, 7) is -0.698. The normalized spacial score (nSPS) is 10.4. The van der Waals surface area contributed by atoms with Crippen LogP contribution >= 0.6 is 0 Å². The SMILES string of the molecule is COC(=O)c1cc(C(=O)OCCO)cc(S(=O)(=O)O)c1.[NaH]. The molecule has 0 spiro atoms.